The van der Waals surface area contributed by atoms with Gasteiger partial charge in [0.15, 0.2) is 0 Å². The lowest BCUT2D eigenvalue weighted by Crippen LogP contribution is -2.57. The van der Waals surface area contributed by atoms with Crippen LogP contribution < -0.4 is 5.32 Å². The fourth-order valence-electron chi connectivity index (χ4n) is 1.61. The van der Waals surface area contributed by atoms with Gasteiger partial charge in [-0.1, -0.05) is 20.8 Å². The molecule has 0 bridgehead atoms. The van der Waals surface area contributed by atoms with E-state index in [1.807, 2.05) is 20.8 Å². The third-order valence-corrected chi connectivity index (χ3v) is 2.93. The summed E-state index contributed by atoms with van der Waals surface area (Å²) in [6.45, 7) is 8.42. The van der Waals surface area contributed by atoms with Crippen LogP contribution in [0.1, 0.15) is 27.7 Å². The standard InChI is InChI=1S/C12H22N2O3/c1-8(13-11(17)12(2,3)4)10(16)14-5-9(6-14)7-15/h8-9,15H,5-7H2,1-4H3,(H,13,17). The molecular formula is C12H22N2O3. The molecule has 1 aliphatic rings. The van der Waals surface area contributed by atoms with E-state index in [1.165, 1.54) is 0 Å². The van der Waals surface area contributed by atoms with E-state index in [2.05, 4.69) is 5.32 Å². The van der Waals surface area contributed by atoms with Crippen LogP contribution in [0.15, 0.2) is 0 Å². The molecule has 0 saturated carbocycles. The van der Waals surface area contributed by atoms with E-state index < -0.39 is 11.5 Å². The van der Waals surface area contributed by atoms with Crippen LogP contribution in [0.25, 0.3) is 0 Å². The summed E-state index contributed by atoms with van der Waals surface area (Å²) in [5, 5.41) is 11.6. The molecule has 1 heterocycles. The van der Waals surface area contributed by atoms with Crippen LogP contribution in [-0.4, -0.2) is 47.6 Å². The number of likely N-dealkylation sites (tertiary alicyclic amines) is 1. The molecule has 1 fully saturated rings. The number of carbonyl (C=O) groups is 2. The largest absolute Gasteiger partial charge is 0.396 e. The van der Waals surface area contributed by atoms with Gasteiger partial charge in [-0.15, -0.1) is 0 Å². The van der Waals surface area contributed by atoms with Crippen molar-refractivity contribution in [3.05, 3.63) is 0 Å². The van der Waals surface area contributed by atoms with Crippen molar-refractivity contribution in [2.45, 2.75) is 33.7 Å². The lowest BCUT2D eigenvalue weighted by Gasteiger charge is -2.40. The molecule has 1 atom stereocenters. The first kappa shape index (κ1) is 14.0. The molecule has 1 saturated heterocycles. The predicted molar refractivity (Wildman–Crippen MR) is 64.2 cm³/mol. The Bertz CT molecular complexity index is 303. The van der Waals surface area contributed by atoms with Crippen molar-refractivity contribution in [3.63, 3.8) is 0 Å². The van der Waals surface area contributed by atoms with Gasteiger partial charge < -0.3 is 15.3 Å². The maximum absolute atomic E-state index is 11.9. The summed E-state index contributed by atoms with van der Waals surface area (Å²) in [5.41, 5.74) is -0.489. The van der Waals surface area contributed by atoms with Gasteiger partial charge in [-0.3, -0.25) is 9.59 Å². The molecule has 0 aliphatic carbocycles. The van der Waals surface area contributed by atoms with Crippen molar-refractivity contribution in [2.75, 3.05) is 19.7 Å². The van der Waals surface area contributed by atoms with Crippen LogP contribution in [0.4, 0.5) is 0 Å². The Kier molecular flexibility index (Phi) is 4.14. The quantitative estimate of drug-likeness (QED) is 0.731. The first-order valence-electron chi connectivity index (χ1n) is 5.96. The zero-order valence-electron chi connectivity index (χ0n) is 11.0. The third-order valence-electron chi connectivity index (χ3n) is 2.93. The van der Waals surface area contributed by atoms with Crippen molar-refractivity contribution in [2.24, 2.45) is 11.3 Å². The number of amides is 2. The summed E-state index contributed by atoms with van der Waals surface area (Å²) in [7, 11) is 0. The minimum Gasteiger partial charge on any atom is -0.396 e. The highest BCUT2D eigenvalue weighted by Gasteiger charge is 2.34. The van der Waals surface area contributed by atoms with Crippen molar-refractivity contribution < 1.29 is 14.7 Å². The highest BCUT2D eigenvalue weighted by Crippen LogP contribution is 2.17. The molecule has 98 valence electrons. The Morgan fingerprint density at radius 1 is 1.41 bits per heavy atom. The lowest BCUT2D eigenvalue weighted by molar-refractivity contribution is -0.143. The van der Waals surface area contributed by atoms with Gasteiger partial charge in [-0.25, -0.2) is 0 Å². The smallest absolute Gasteiger partial charge is 0.244 e. The lowest BCUT2D eigenvalue weighted by atomic mass is 9.95. The van der Waals surface area contributed by atoms with Crippen LogP contribution in [-0.2, 0) is 9.59 Å². The number of nitrogens with one attached hydrogen (secondary N) is 1. The molecule has 1 unspecified atom stereocenters. The molecule has 0 aromatic carbocycles. The van der Waals surface area contributed by atoms with Crippen molar-refractivity contribution in [3.8, 4) is 0 Å². The number of carbonyl (C=O) groups excluding carboxylic acids is 2. The molecule has 17 heavy (non-hydrogen) atoms. The predicted octanol–water partition coefficient (Wildman–Crippen LogP) is -0.0121. The maximum atomic E-state index is 11.9. The van der Waals surface area contributed by atoms with Crippen molar-refractivity contribution >= 4 is 11.8 Å². The fourth-order valence-corrected chi connectivity index (χ4v) is 1.61. The fraction of sp³-hybridized carbons (Fsp3) is 0.833. The van der Waals surface area contributed by atoms with Crippen molar-refractivity contribution in [1.82, 2.24) is 10.2 Å². The van der Waals surface area contributed by atoms with Crippen LogP contribution in [0.2, 0.25) is 0 Å². The van der Waals surface area contributed by atoms with Crippen LogP contribution >= 0.6 is 0 Å². The average molecular weight is 242 g/mol. The summed E-state index contributed by atoms with van der Waals surface area (Å²) in [6, 6.07) is -0.499. The molecule has 0 aromatic heterocycles. The zero-order valence-corrected chi connectivity index (χ0v) is 11.0. The Balaban J connectivity index is 2.41. The van der Waals surface area contributed by atoms with Gasteiger partial charge in [0.2, 0.25) is 11.8 Å². The van der Waals surface area contributed by atoms with Gasteiger partial charge >= 0.3 is 0 Å². The highest BCUT2D eigenvalue weighted by molar-refractivity contribution is 5.89. The minimum atomic E-state index is -0.499. The minimum absolute atomic E-state index is 0.0766. The molecule has 5 nitrogen and oxygen atoms in total. The van der Waals surface area contributed by atoms with Crippen LogP contribution in [0.5, 0.6) is 0 Å². The van der Waals surface area contributed by atoms with E-state index in [4.69, 9.17) is 5.11 Å². The molecule has 2 N–H and O–H groups in total. The van der Waals surface area contributed by atoms with Gasteiger partial charge in [0.1, 0.15) is 6.04 Å². The van der Waals surface area contributed by atoms with Gasteiger partial charge in [-0.05, 0) is 6.92 Å². The summed E-state index contributed by atoms with van der Waals surface area (Å²) in [4.78, 5) is 25.2. The first-order chi connectivity index (χ1) is 7.75. The molecule has 5 heteroatoms. The molecule has 0 radical (unpaired) electrons. The number of hydrogen-bond donors (Lipinski definition) is 2. The number of nitrogens with zero attached hydrogens (tertiary/aromatic N) is 1. The third kappa shape index (κ3) is 3.43. The number of aliphatic hydroxyl groups excluding tert-OH is 1. The number of aliphatic hydroxyl groups is 1. The van der Waals surface area contributed by atoms with Crippen LogP contribution in [0, 0.1) is 11.3 Å². The Morgan fingerprint density at radius 2 is 1.94 bits per heavy atom. The maximum Gasteiger partial charge on any atom is 0.244 e. The second kappa shape index (κ2) is 5.04. The topological polar surface area (TPSA) is 69.6 Å². The normalized spacial score (nSPS) is 18.5. The summed E-state index contributed by atoms with van der Waals surface area (Å²) in [5.74, 6) is -0.00523. The van der Waals surface area contributed by atoms with Gasteiger partial charge in [0.05, 0.1) is 0 Å². The summed E-state index contributed by atoms with van der Waals surface area (Å²) >= 11 is 0. The Hall–Kier alpha value is -1.10. The van der Waals surface area contributed by atoms with E-state index in [9.17, 15) is 9.59 Å². The van der Waals surface area contributed by atoms with E-state index in [1.54, 1.807) is 11.8 Å². The van der Waals surface area contributed by atoms with E-state index in [-0.39, 0.29) is 24.3 Å². The Morgan fingerprint density at radius 3 is 2.35 bits per heavy atom. The van der Waals surface area contributed by atoms with Crippen LogP contribution in [0.3, 0.4) is 0 Å². The molecule has 0 aromatic rings. The van der Waals surface area contributed by atoms with E-state index in [0.717, 1.165) is 0 Å². The van der Waals surface area contributed by atoms with Gasteiger partial charge in [0, 0.05) is 31.0 Å². The van der Waals surface area contributed by atoms with Gasteiger partial charge in [0.25, 0.3) is 0 Å². The molecule has 0 spiro atoms. The SMILES string of the molecule is CC(NC(=O)C(C)(C)C)C(=O)N1CC(CO)C1. The highest BCUT2D eigenvalue weighted by atomic mass is 16.3. The first-order valence-corrected chi connectivity index (χ1v) is 5.96. The van der Waals surface area contributed by atoms with Gasteiger partial charge in [-0.2, -0.15) is 0 Å². The molecule has 1 aliphatic heterocycles. The molecule has 2 amide bonds. The molecular weight excluding hydrogens is 220 g/mol. The number of rotatable bonds is 3. The second-order valence-electron chi connectivity index (χ2n) is 5.74. The Labute approximate surface area is 102 Å². The summed E-state index contributed by atoms with van der Waals surface area (Å²) in [6.07, 6.45) is 0. The second-order valence-corrected chi connectivity index (χ2v) is 5.74. The number of hydrogen-bond acceptors (Lipinski definition) is 3. The monoisotopic (exact) mass is 242 g/mol. The zero-order chi connectivity index (χ0) is 13.2. The van der Waals surface area contributed by atoms with E-state index in [0.29, 0.717) is 13.1 Å². The van der Waals surface area contributed by atoms with E-state index >= 15 is 0 Å². The van der Waals surface area contributed by atoms with Crippen molar-refractivity contribution in [1.29, 1.82) is 0 Å². The average Bonchev–Trinajstić information content (AvgIpc) is 2.14. The summed E-state index contributed by atoms with van der Waals surface area (Å²) < 4.78 is 0. The molecule has 1 rings (SSSR count).